The number of halogens is 1. The first kappa shape index (κ1) is 14.8. The van der Waals surface area contributed by atoms with Crippen molar-refractivity contribution in [3.8, 4) is 0 Å². The molecule has 0 saturated heterocycles. The molecule has 3 nitrogen and oxygen atoms in total. The van der Waals surface area contributed by atoms with Crippen molar-refractivity contribution < 1.29 is 8.81 Å². The molecule has 0 bridgehead atoms. The van der Waals surface area contributed by atoms with Crippen LogP contribution in [-0.4, -0.2) is 18.0 Å². The molecule has 4 heteroatoms. The largest absolute Gasteiger partial charge is 0.468 e. The summed E-state index contributed by atoms with van der Waals surface area (Å²) in [6.07, 6.45) is 1.66. The minimum atomic E-state index is -0.224. The zero-order valence-electron chi connectivity index (χ0n) is 12.0. The summed E-state index contributed by atoms with van der Waals surface area (Å²) in [6.45, 7) is 5.98. The highest BCUT2D eigenvalue weighted by Gasteiger charge is 2.21. The lowest BCUT2D eigenvalue weighted by atomic mass is 9.99. The van der Waals surface area contributed by atoms with Gasteiger partial charge in [0.1, 0.15) is 11.6 Å². The smallest absolute Gasteiger partial charge is 0.123 e. The van der Waals surface area contributed by atoms with E-state index in [2.05, 4.69) is 11.8 Å². The second kappa shape index (κ2) is 6.68. The van der Waals surface area contributed by atoms with Gasteiger partial charge >= 0.3 is 0 Å². The zero-order chi connectivity index (χ0) is 14.5. The predicted molar refractivity (Wildman–Crippen MR) is 77.7 cm³/mol. The molecular weight excluding hydrogens is 255 g/mol. The van der Waals surface area contributed by atoms with Crippen LogP contribution >= 0.6 is 0 Å². The van der Waals surface area contributed by atoms with E-state index in [9.17, 15) is 4.39 Å². The molecule has 1 heterocycles. The summed E-state index contributed by atoms with van der Waals surface area (Å²) < 4.78 is 18.9. The second-order valence-electron chi connectivity index (χ2n) is 4.89. The van der Waals surface area contributed by atoms with Crippen LogP contribution in [0.1, 0.15) is 29.9 Å². The maximum absolute atomic E-state index is 13.5. The summed E-state index contributed by atoms with van der Waals surface area (Å²) in [5, 5.41) is 0. The van der Waals surface area contributed by atoms with E-state index >= 15 is 0 Å². The monoisotopic (exact) mass is 276 g/mol. The lowest BCUT2D eigenvalue weighted by Gasteiger charge is -2.30. The van der Waals surface area contributed by atoms with Crippen LogP contribution in [-0.2, 0) is 6.54 Å². The van der Waals surface area contributed by atoms with E-state index in [0.29, 0.717) is 13.1 Å². The predicted octanol–water partition coefficient (Wildman–Crippen LogP) is 3.25. The van der Waals surface area contributed by atoms with Gasteiger partial charge in [0, 0.05) is 12.6 Å². The second-order valence-corrected chi connectivity index (χ2v) is 4.89. The van der Waals surface area contributed by atoms with Crippen molar-refractivity contribution in [2.45, 2.75) is 26.4 Å². The lowest BCUT2D eigenvalue weighted by molar-refractivity contribution is 0.187. The average Bonchev–Trinajstić information content (AvgIpc) is 2.95. The molecule has 0 amide bonds. The van der Waals surface area contributed by atoms with Gasteiger partial charge in [0.05, 0.1) is 12.8 Å². The average molecular weight is 276 g/mol. The van der Waals surface area contributed by atoms with E-state index in [1.54, 1.807) is 18.4 Å². The van der Waals surface area contributed by atoms with Gasteiger partial charge in [-0.2, -0.15) is 0 Å². The third-order valence-corrected chi connectivity index (χ3v) is 3.61. The molecule has 1 atom stereocenters. The summed E-state index contributed by atoms with van der Waals surface area (Å²) >= 11 is 0. The minimum Gasteiger partial charge on any atom is -0.468 e. The molecule has 0 aliphatic heterocycles. The van der Waals surface area contributed by atoms with Gasteiger partial charge in [-0.15, -0.1) is 0 Å². The Labute approximate surface area is 119 Å². The van der Waals surface area contributed by atoms with Crippen molar-refractivity contribution in [2.75, 3.05) is 13.1 Å². The van der Waals surface area contributed by atoms with E-state index in [4.69, 9.17) is 10.2 Å². The molecule has 0 saturated carbocycles. The molecule has 2 rings (SSSR count). The number of nitrogens with two attached hydrogens (primary N) is 1. The first-order valence-corrected chi connectivity index (χ1v) is 6.88. The number of likely N-dealkylation sites (N-methyl/N-ethyl adjacent to an activating group) is 1. The summed E-state index contributed by atoms with van der Waals surface area (Å²) in [5.41, 5.74) is 7.94. The topological polar surface area (TPSA) is 42.4 Å². The molecule has 0 spiro atoms. The van der Waals surface area contributed by atoms with Crippen LogP contribution in [0.2, 0.25) is 0 Å². The standard InChI is InChI=1S/C16H21FN2O/c1-3-19(11-14-5-4-8-20-14)16(10-18)15-9-13(17)7-6-12(15)2/h4-9,16H,3,10-11,18H2,1-2H3. The quantitative estimate of drug-likeness (QED) is 0.880. The molecule has 1 aromatic heterocycles. The Bertz CT molecular complexity index is 539. The maximum atomic E-state index is 13.5. The molecular formula is C16H21FN2O. The number of rotatable bonds is 6. The molecule has 2 N–H and O–H groups in total. The number of furan rings is 1. The molecule has 0 radical (unpaired) electrons. The third kappa shape index (κ3) is 3.26. The van der Waals surface area contributed by atoms with Crippen molar-refractivity contribution in [3.63, 3.8) is 0 Å². The van der Waals surface area contributed by atoms with Crippen molar-refractivity contribution in [3.05, 3.63) is 59.3 Å². The van der Waals surface area contributed by atoms with Gasteiger partial charge in [-0.05, 0) is 48.9 Å². The van der Waals surface area contributed by atoms with Crippen LogP contribution in [0.25, 0.3) is 0 Å². The third-order valence-electron chi connectivity index (χ3n) is 3.61. The van der Waals surface area contributed by atoms with Crippen LogP contribution in [0.3, 0.4) is 0 Å². The SMILES string of the molecule is CCN(Cc1ccco1)C(CN)c1cc(F)ccc1C. The Hall–Kier alpha value is -1.65. The Morgan fingerprint density at radius 2 is 2.15 bits per heavy atom. The summed E-state index contributed by atoms with van der Waals surface area (Å²) in [7, 11) is 0. The van der Waals surface area contributed by atoms with Crippen LogP contribution in [0.5, 0.6) is 0 Å². The molecule has 1 aromatic carbocycles. The lowest BCUT2D eigenvalue weighted by Crippen LogP contribution is -2.33. The van der Waals surface area contributed by atoms with Crippen LogP contribution in [0, 0.1) is 12.7 Å². The number of benzene rings is 1. The van der Waals surface area contributed by atoms with Gasteiger partial charge in [0.2, 0.25) is 0 Å². The Morgan fingerprint density at radius 3 is 2.75 bits per heavy atom. The van der Waals surface area contributed by atoms with Crippen LogP contribution in [0.15, 0.2) is 41.0 Å². The number of nitrogens with zero attached hydrogens (tertiary/aromatic N) is 1. The highest BCUT2D eigenvalue weighted by molar-refractivity contribution is 5.30. The van der Waals surface area contributed by atoms with Gasteiger partial charge in [-0.1, -0.05) is 13.0 Å². The first-order chi connectivity index (χ1) is 9.65. The fourth-order valence-corrected chi connectivity index (χ4v) is 2.49. The Balaban J connectivity index is 2.26. The Morgan fingerprint density at radius 1 is 1.35 bits per heavy atom. The molecule has 0 aliphatic carbocycles. The van der Waals surface area contributed by atoms with Crippen molar-refractivity contribution in [1.82, 2.24) is 4.90 Å². The summed E-state index contributed by atoms with van der Waals surface area (Å²) in [4.78, 5) is 2.20. The fourth-order valence-electron chi connectivity index (χ4n) is 2.49. The number of aryl methyl sites for hydroxylation is 1. The van der Waals surface area contributed by atoms with E-state index < -0.39 is 0 Å². The normalized spacial score (nSPS) is 12.8. The van der Waals surface area contributed by atoms with Gasteiger partial charge in [-0.25, -0.2) is 4.39 Å². The molecule has 108 valence electrons. The van der Waals surface area contributed by atoms with Crippen LogP contribution < -0.4 is 5.73 Å². The summed E-state index contributed by atoms with van der Waals surface area (Å²) in [5.74, 6) is 0.664. The van der Waals surface area contributed by atoms with Gasteiger partial charge in [0.15, 0.2) is 0 Å². The van der Waals surface area contributed by atoms with E-state index in [1.807, 2.05) is 19.1 Å². The van der Waals surface area contributed by atoms with Gasteiger partial charge in [0.25, 0.3) is 0 Å². The Kier molecular flexibility index (Phi) is 4.93. The maximum Gasteiger partial charge on any atom is 0.123 e. The molecule has 0 aliphatic rings. The van der Waals surface area contributed by atoms with E-state index in [0.717, 1.165) is 23.4 Å². The molecule has 2 aromatic rings. The first-order valence-electron chi connectivity index (χ1n) is 6.88. The minimum absolute atomic E-state index is 0.0131. The van der Waals surface area contributed by atoms with E-state index in [-0.39, 0.29) is 11.9 Å². The number of hydrogen-bond acceptors (Lipinski definition) is 3. The summed E-state index contributed by atoms with van der Waals surface area (Å²) in [6, 6.07) is 8.66. The van der Waals surface area contributed by atoms with E-state index in [1.165, 1.54) is 6.07 Å². The van der Waals surface area contributed by atoms with Gasteiger partial charge in [-0.3, -0.25) is 4.90 Å². The van der Waals surface area contributed by atoms with Crippen molar-refractivity contribution in [2.24, 2.45) is 5.73 Å². The highest BCUT2D eigenvalue weighted by atomic mass is 19.1. The molecule has 20 heavy (non-hydrogen) atoms. The van der Waals surface area contributed by atoms with Crippen LogP contribution in [0.4, 0.5) is 4.39 Å². The van der Waals surface area contributed by atoms with Crippen molar-refractivity contribution >= 4 is 0 Å². The zero-order valence-corrected chi connectivity index (χ0v) is 12.0. The van der Waals surface area contributed by atoms with Crippen molar-refractivity contribution in [1.29, 1.82) is 0 Å². The molecule has 1 unspecified atom stereocenters. The molecule has 0 fully saturated rings. The fraction of sp³-hybridized carbons (Fsp3) is 0.375. The highest BCUT2D eigenvalue weighted by Crippen LogP contribution is 2.25. The van der Waals surface area contributed by atoms with Gasteiger partial charge < -0.3 is 10.2 Å². The number of hydrogen-bond donors (Lipinski definition) is 1.